The van der Waals surface area contributed by atoms with Gasteiger partial charge in [0, 0.05) is 30.2 Å². The maximum absolute atomic E-state index is 13.7. The van der Waals surface area contributed by atoms with Crippen molar-refractivity contribution in [3.63, 3.8) is 0 Å². The van der Waals surface area contributed by atoms with Gasteiger partial charge >= 0.3 is 0 Å². The molecule has 6 rings (SSSR count). The average molecular weight is 581 g/mol. The van der Waals surface area contributed by atoms with Crippen LogP contribution in [0.25, 0.3) is 10.9 Å². The average Bonchev–Trinajstić information content (AvgIpc) is 3.67. The number of carbonyl (C=O) groups is 4. The monoisotopic (exact) mass is 580 g/mol. The van der Waals surface area contributed by atoms with Crippen LogP contribution in [0.2, 0.25) is 5.15 Å². The lowest BCUT2D eigenvalue weighted by Gasteiger charge is -2.34. The molecule has 3 aliphatic rings. The van der Waals surface area contributed by atoms with E-state index in [1.807, 2.05) is 0 Å². The number of morpholine rings is 1. The zero-order valence-corrected chi connectivity index (χ0v) is 22.8. The van der Waals surface area contributed by atoms with Gasteiger partial charge in [0.1, 0.15) is 29.7 Å². The van der Waals surface area contributed by atoms with Crippen LogP contribution in [-0.4, -0.2) is 81.2 Å². The zero-order chi connectivity index (χ0) is 28.7. The summed E-state index contributed by atoms with van der Waals surface area (Å²) >= 11 is 5.96. The van der Waals surface area contributed by atoms with E-state index in [0.29, 0.717) is 42.1 Å². The first-order valence-electron chi connectivity index (χ1n) is 13.5. The Morgan fingerprint density at radius 2 is 1.98 bits per heavy atom. The number of ether oxygens (including phenoxy) is 1. The Labute approximate surface area is 239 Å². The first-order chi connectivity index (χ1) is 19.8. The highest BCUT2D eigenvalue weighted by molar-refractivity contribution is 6.29. The number of halogens is 1. The van der Waals surface area contributed by atoms with E-state index >= 15 is 0 Å². The molecule has 1 aliphatic carbocycles. The number of nitrogens with one attached hydrogen (secondary N) is 3. The molecule has 4 atom stereocenters. The molecule has 4 heterocycles. The molecule has 5 N–H and O–H groups in total. The lowest BCUT2D eigenvalue weighted by Crippen LogP contribution is -2.52. The summed E-state index contributed by atoms with van der Waals surface area (Å²) in [5, 5.41) is 13.7. The molecular formula is C27H29ClN8O5. The third-order valence-electron chi connectivity index (χ3n) is 7.86. The molecule has 2 aromatic heterocycles. The number of pyridine rings is 1. The Bertz CT molecular complexity index is 1540. The number of nitrogens with two attached hydrogens (primary N) is 1. The van der Waals surface area contributed by atoms with Gasteiger partial charge in [-0.1, -0.05) is 17.7 Å². The molecule has 1 unspecified atom stereocenters. The summed E-state index contributed by atoms with van der Waals surface area (Å²) in [6, 6.07) is 9.15. The standard InChI is InChI=1S/C27H29ClN8O5/c28-20-2-1-3-21(32-20)33-27(40)24-14-4-6-16(10-14)36(24)22(37)13-35-18-7-5-15(11-17(18)23(34-35)25(29)38)31-26(39)19-12-30-8-9-41-19/h1-3,5,7,11,14,16,19,24,30H,4,6,8-10,12-13H2,(H2,29,38)(H,31,39)(H,32,33,40)/t14-,16+,19?,24-/m0/s1. The van der Waals surface area contributed by atoms with Crippen LogP contribution in [-0.2, 0) is 25.7 Å². The molecule has 0 radical (unpaired) electrons. The number of carbonyl (C=O) groups excluding carboxylic acids is 4. The van der Waals surface area contributed by atoms with Gasteiger partial charge in [0.25, 0.3) is 11.8 Å². The number of primary amides is 1. The van der Waals surface area contributed by atoms with Gasteiger partial charge < -0.3 is 31.3 Å². The van der Waals surface area contributed by atoms with Crippen molar-refractivity contribution in [2.45, 2.75) is 44.0 Å². The number of nitrogens with zero attached hydrogens (tertiary/aromatic N) is 4. The van der Waals surface area contributed by atoms with E-state index in [0.717, 1.165) is 19.3 Å². The molecule has 2 aliphatic heterocycles. The Hall–Kier alpha value is -4.07. The van der Waals surface area contributed by atoms with Gasteiger partial charge in [-0.05, 0) is 55.5 Å². The van der Waals surface area contributed by atoms with Crippen molar-refractivity contribution in [1.82, 2.24) is 25.0 Å². The number of rotatable bonds is 7. The van der Waals surface area contributed by atoms with Crippen LogP contribution in [0.1, 0.15) is 29.8 Å². The van der Waals surface area contributed by atoms with Gasteiger partial charge in [-0.15, -0.1) is 0 Å². The number of aromatic nitrogens is 3. The molecular weight excluding hydrogens is 552 g/mol. The summed E-state index contributed by atoms with van der Waals surface area (Å²) in [5.41, 5.74) is 6.52. The first kappa shape index (κ1) is 27.1. The van der Waals surface area contributed by atoms with Crippen LogP contribution in [0.3, 0.4) is 0 Å². The van der Waals surface area contributed by atoms with Crippen LogP contribution >= 0.6 is 11.6 Å². The number of amides is 4. The second-order valence-electron chi connectivity index (χ2n) is 10.5. The Morgan fingerprint density at radius 3 is 2.73 bits per heavy atom. The predicted molar refractivity (Wildman–Crippen MR) is 149 cm³/mol. The van der Waals surface area contributed by atoms with Crippen LogP contribution in [0.15, 0.2) is 36.4 Å². The maximum Gasteiger partial charge on any atom is 0.269 e. The van der Waals surface area contributed by atoms with Crippen molar-refractivity contribution in [1.29, 1.82) is 0 Å². The smallest absolute Gasteiger partial charge is 0.269 e. The number of fused-ring (bicyclic) bond motifs is 3. The number of hydrogen-bond acceptors (Lipinski definition) is 8. The summed E-state index contributed by atoms with van der Waals surface area (Å²) in [4.78, 5) is 57.6. The van der Waals surface area contributed by atoms with E-state index < -0.39 is 18.1 Å². The van der Waals surface area contributed by atoms with Crippen LogP contribution < -0.4 is 21.7 Å². The van der Waals surface area contributed by atoms with E-state index in [4.69, 9.17) is 22.1 Å². The molecule has 0 spiro atoms. The fraction of sp³-hybridized carbons (Fsp3) is 0.407. The highest BCUT2D eigenvalue weighted by Crippen LogP contribution is 2.43. The van der Waals surface area contributed by atoms with Crippen molar-refractivity contribution >= 4 is 57.6 Å². The number of hydrogen-bond donors (Lipinski definition) is 4. The van der Waals surface area contributed by atoms with Crippen molar-refractivity contribution in [2.24, 2.45) is 11.7 Å². The number of anilines is 2. The maximum atomic E-state index is 13.7. The minimum Gasteiger partial charge on any atom is -0.366 e. The molecule has 1 aromatic carbocycles. The van der Waals surface area contributed by atoms with Crippen LogP contribution in [0.4, 0.5) is 11.5 Å². The number of benzene rings is 1. The molecule has 13 nitrogen and oxygen atoms in total. The molecule has 1 saturated carbocycles. The lowest BCUT2D eigenvalue weighted by atomic mass is 9.97. The quantitative estimate of drug-likeness (QED) is 0.301. The van der Waals surface area contributed by atoms with Crippen LogP contribution in [0, 0.1) is 5.92 Å². The minimum absolute atomic E-state index is 0.0243. The van der Waals surface area contributed by atoms with E-state index in [2.05, 4.69) is 26.0 Å². The summed E-state index contributed by atoms with van der Waals surface area (Å²) in [5.74, 6) is -1.35. The molecule has 4 amide bonds. The number of piperidine rings is 1. The molecule has 214 valence electrons. The molecule has 2 bridgehead atoms. The molecule has 3 fully saturated rings. The third kappa shape index (κ3) is 5.35. The largest absolute Gasteiger partial charge is 0.366 e. The van der Waals surface area contributed by atoms with Crippen molar-refractivity contribution < 1.29 is 23.9 Å². The second-order valence-corrected chi connectivity index (χ2v) is 10.9. The van der Waals surface area contributed by atoms with E-state index in [1.165, 1.54) is 4.68 Å². The van der Waals surface area contributed by atoms with Gasteiger partial charge in [-0.2, -0.15) is 5.10 Å². The Morgan fingerprint density at radius 1 is 1.12 bits per heavy atom. The van der Waals surface area contributed by atoms with Crippen molar-refractivity contribution in [2.75, 3.05) is 30.3 Å². The first-order valence-corrected chi connectivity index (χ1v) is 13.8. The highest BCUT2D eigenvalue weighted by atomic mass is 35.5. The minimum atomic E-state index is -0.768. The van der Waals surface area contributed by atoms with E-state index in [1.54, 1.807) is 41.3 Å². The SMILES string of the molecule is NC(=O)c1nn(CC(=O)N2[C@@H]3CC[C@@H](C3)[C@H]2C(=O)Nc2cccc(Cl)n2)c2ccc(NC(=O)C3CNCCO3)cc12. The van der Waals surface area contributed by atoms with Crippen LogP contribution in [0.5, 0.6) is 0 Å². The van der Waals surface area contributed by atoms with E-state index in [9.17, 15) is 19.2 Å². The summed E-state index contributed by atoms with van der Waals surface area (Å²) in [6.07, 6.45) is 1.77. The Kier molecular flexibility index (Phi) is 7.32. The molecule has 14 heteroatoms. The van der Waals surface area contributed by atoms with Gasteiger partial charge in [-0.25, -0.2) is 4.98 Å². The van der Waals surface area contributed by atoms with Gasteiger partial charge in [0.15, 0.2) is 5.69 Å². The van der Waals surface area contributed by atoms with E-state index in [-0.39, 0.29) is 47.1 Å². The lowest BCUT2D eigenvalue weighted by molar-refractivity contribution is -0.141. The normalized spacial score (nSPS) is 23.5. The predicted octanol–water partition coefficient (Wildman–Crippen LogP) is 1.13. The molecule has 41 heavy (non-hydrogen) atoms. The Balaban J connectivity index is 1.22. The fourth-order valence-electron chi connectivity index (χ4n) is 6.09. The van der Waals surface area contributed by atoms with Gasteiger partial charge in [-0.3, -0.25) is 23.9 Å². The fourth-order valence-corrected chi connectivity index (χ4v) is 6.25. The summed E-state index contributed by atoms with van der Waals surface area (Å²) < 4.78 is 6.91. The third-order valence-corrected chi connectivity index (χ3v) is 8.08. The van der Waals surface area contributed by atoms with Crippen molar-refractivity contribution in [3.8, 4) is 0 Å². The van der Waals surface area contributed by atoms with Gasteiger partial charge in [0.2, 0.25) is 11.8 Å². The topological polar surface area (TPSA) is 174 Å². The highest BCUT2D eigenvalue weighted by Gasteiger charge is 2.51. The van der Waals surface area contributed by atoms with Gasteiger partial charge in [0.05, 0.1) is 12.1 Å². The molecule has 2 saturated heterocycles. The summed E-state index contributed by atoms with van der Waals surface area (Å²) in [7, 11) is 0. The number of likely N-dealkylation sites (tertiary alicyclic amines) is 1. The van der Waals surface area contributed by atoms with Crippen molar-refractivity contribution in [3.05, 3.63) is 47.2 Å². The molecule has 3 aromatic rings. The zero-order valence-electron chi connectivity index (χ0n) is 22.0. The summed E-state index contributed by atoms with van der Waals surface area (Å²) in [6.45, 7) is 1.31. The second kappa shape index (κ2) is 11.1.